The number of nitrogens with zero attached hydrogens (tertiary/aromatic N) is 2. The molecule has 0 atom stereocenters. The Morgan fingerprint density at radius 1 is 1.04 bits per heavy atom. The highest BCUT2D eigenvalue weighted by molar-refractivity contribution is 5.74. The van der Waals surface area contributed by atoms with Crippen molar-refractivity contribution < 1.29 is 4.79 Å². The van der Waals surface area contributed by atoms with Crippen LogP contribution in [-0.2, 0) is 13.1 Å². The fourth-order valence-corrected chi connectivity index (χ4v) is 3.13. The second kappa shape index (κ2) is 9.56. The second-order valence-corrected chi connectivity index (χ2v) is 6.29. The van der Waals surface area contributed by atoms with E-state index in [0.717, 1.165) is 45.6 Å². The highest BCUT2D eigenvalue weighted by atomic mass is 16.2. The Hall–Kier alpha value is -1.55. The third-order valence-corrected chi connectivity index (χ3v) is 4.73. The summed E-state index contributed by atoms with van der Waals surface area (Å²) in [4.78, 5) is 16.7. The Morgan fingerprint density at radius 2 is 1.65 bits per heavy atom. The van der Waals surface area contributed by atoms with E-state index in [4.69, 9.17) is 0 Å². The van der Waals surface area contributed by atoms with E-state index in [-0.39, 0.29) is 6.03 Å². The smallest absolute Gasteiger partial charge is 0.317 e. The van der Waals surface area contributed by atoms with Crippen LogP contribution >= 0.6 is 0 Å². The molecule has 0 spiro atoms. The van der Waals surface area contributed by atoms with Gasteiger partial charge in [0.25, 0.3) is 0 Å². The summed E-state index contributed by atoms with van der Waals surface area (Å²) in [6.45, 7) is 9.83. The lowest BCUT2D eigenvalue weighted by Crippen LogP contribution is -2.40. The number of nitrogens with one attached hydrogen (secondary N) is 1. The van der Waals surface area contributed by atoms with Crippen LogP contribution in [0.3, 0.4) is 0 Å². The highest BCUT2D eigenvalue weighted by Gasteiger charge is 2.15. The average Bonchev–Trinajstić information content (AvgIpc) is 2.87. The van der Waals surface area contributed by atoms with Gasteiger partial charge in [0, 0.05) is 26.2 Å². The molecule has 0 saturated carbocycles. The first-order valence-corrected chi connectivity index (χ1v) is 9.06. The van der Waals surface area contributed by atoms with Crippen molar-refractivity contribution in [3.8, 4) is 0 Å². The van der Waals surface area contributed by atoms with Gasteiger partial charge in [0.1, 0.15) is 0 Å². The van der Waals surface area contributed by atoms with Gasteiger partial charge in [-0.1, -0.05) is 51.0 Å². The lowest BCUT2D eigenvalue weighted by atomic mass is 10.1. The molecule has 4 heteroatoms. The lowest BCUT2D eigenvalue weighted by molar-refractivity contribution is 0.199. The molecule has 0 radical (unpaired) electrons. The van der Waals surface area contributed by atoms with Gasteiger partial charge in [-0.15, -0.1) is 0 Å². The molecule has 0 aliphatic carbocycles. The molecule has 1 N–H and O–H groups in total. The molecule has 1 saturated heterocycles. The molecule has 23 heavy (non-hydrogen) atoms. The molecular weight excluding hydrogens is 286 g/mol. The number of carbonyl (C=O) groups excluding carboxylic acids is 1. The zero-order chi connectivity index (χ0) is 16.5. The molecule has 4 nitrogen and oxygen atoms in total. The molecule has 1 fully saturated rings. The molecule has 1 aromatic rings. The van der Waals surface area contributed by atoms with Crippen molar-refractivity contribution in [3.05, 3.63) is 35.4 Å². The number of likely N-dealkylation sites (tertiary alicyclic amines) is 1. The molecule has 1 aromatic carbocycles. The van der Waals surface area contributed by atoms with Gasteiger partial charge in [0.05, 0.1) is 0 Å². The van der Waals surface area contributed by atoms with Crippen molar-refractivity contribution in [1.29, 1.82) is 0 Å². The summed E-state index contributed by atoms with van der Waals surface area (Å²) in [5.41, 5.74) is 2.54. The predicted octanol–water partition coefficient (Wildman–Crippen LogP) is 3.61. The summed E-state index contributed by atoms with van der Waals surface area (Å²) in [5, 5.41) is 3.11. The van der Waals surface area contributed by atoms with E-state index in [9.17, 15) is 4.79 Å². The summed E-state index contributed by atoms with van der Waals surface area (Å²) in [7, 11) is 0. The van der Waals surface area contributed by atoms with E-state index in [0.29, 0.717) is 6.54 Å². The Morgan fingerprint density at radius 3 is 2.26 bits per heavy atom. The SMILES string of the molecule is CCN(CC)Cc1ccccc1CNC(=O)N1CCCCCC1. The Balaban J connectivity index is 1.93. The Kier molecular flexibility index (Phi) is 7.40. The molecule has 1 heterocycles. The number of benzene rings is 1. The molecule has 0 aromatic heterocycles. The molecule has 2 rings (SSSR count). The summed E-state index contributed by atoms with van der Waals surface area (Å²) in [6, 6.07) is 8.52. The van der Waals surface area contributed by atoms with Crippen LogP contribution in [-0.4, -0.2) is 42.0 Å². The van der Waals surface area contributed by atoms with E-state index in [1.165, 1.54) is 24.0 Å². The van der Waals surface area contributed by atoms with Crippen molar-refractivity contribution in [2.45, 2.75) is 52.6 Å². The minimum absolute atomic E-state index is 0.0875. The average molecular weight is 317 g/mol. The maximum Gasteiger partial charge on any atom is 0.317 e. The van der Waals surface area contributed by atoms with Gasteiger partial charge in [-0.3, -0.25) is 4.90 Å². The summed E-state index contributed by atoms with van der Waals surface area (Å²) < 4.78 is 0. The molecule has 2 amide bonds. The quantitative estimate of drug-likeness (QED) is 0.870. The maximum atomic E-state index is 12.4. The van der Waals surface area contributed by atoms with Crippen molar-refractivity contribution in [2.24, 2.45) is 0 Å². The van der Waals surface area contributed by atoms with Gasteiger partial charge >= 0.3 is 6.03 Å². The molecular formula is C19H31N3O. The zero-order valence-electron chi connectivity index (χ0n) is 14.7. The Bertz CT molecular complexity index is 477. The first-order valence-electron chi connectivity index (χ1n) is 9.06. The fraction of sp³-hybridized carbons (Fsp3) is 0.632. The third-order valence-electron chi connectivity index (χ3n) is 4.73. The van der Waals surface area contributed by atoms with E-state index >= 15 is 0 Å². The van der Waals surface area contributed by atoms with Crippen molar-refractivity contribution in [3.63, 3.8) is 0 Å². The minimum atomic E-state index is 0.0875. The van der Waals surface area contributed by atoms with E-state index in [1.807, 2.05) is 4.90 Å². The molecule has 128 valence electrons. The van der Waals surface area contributed by atoms with Gasteiger partial charge in [-0.25, -0.2) is 4.79 Å². The number of hydrogen-bond donors (Lipinski definition) is 1. The first kappa shape index (κ1) is 17.8. The fourth-order valence-electron chi connectivity index (χ4n) is 3.13. The topological polar surface area (TPSA) is 35.6 Å². The number of hydrogen-bond acceptors (Lipinski definition) is 2. The van der Waals surface area contributed by atoms with Crippen LogP contribution in [0.25, 0.3) is 0 Å². The first-order chi connectivity index (χ1) is 11.2. The number of carbonyl (C=O) groups is 1. The standard InChI is InChI=1S/C19H31N3O/c1-3-21(4-2)16-18-12-8-7-11-17(18)15-20-19(23)22-13-9-5-6-10-14-22/h7-8,11-12H,3-6,9-10,13-16H2,1-2H3,(H,20,23). The highest BCUT2D eigenvalue weighted by Crippen LogP contribution is 2.13. The molecule has 0 bridgehead atoms. The van der Waals surface area contributed by atoms with Crippen LogP contribution in [0.15, 0.2) is 24.3 Å². The van der Waals surface area contributed by atoms with Crippen LogP contribution < -0.4 is 5.32 Å². The Labute approximate surface area is 140 Å². The van der Waals surface area contributed by atoms with E-state index < -0.39 is 0 Å². The van der Waals surface area contributed by atoms with Crippen molar-refractivity contribution in [1.82, 2.24) is 15.1 Å². The van der Waals surface area contributed by atoms with Gasteiger partial charge in [-0.05, 0) is 37.1 Å². The third kappa shape index (κ3) is 5.54. The monoisotopic (exact) mass is 317 g/mol. The number of urea groups is 1. The van der Waals surface area contributed by atoms with Crippen LogP contribution in [0.1, 0.15) is 50.7 Å². The van der Waals surface area contributed by atoms with Crippen molar-refractivity contribution in [2.75, 3.05) is 26.2 Å². The van der Waals surface area contributed by atoms with Crippen molar-refractivity contribution >= 4 is 6.03 Å². The van der Waals surface area contributed by atoms with Crippen LogP contribution in [0.5, 0.6) is 0 Å². The molecule has 1 aliphatic heterocycles. The maximum absolute atomic E-state index is 12.4. The summed E-state index contributed by atoms with van der Waals surface area (Å²) in [6.07, 6.45) is 4.75. The van der Waals surface area contributed by atoms with E-state index in [1.54, 1.807) is 0 Å². The minimum Gasteiger partial charge on any atom is -0.334 e. The molecule has 1 aliphatic rings. The lowest BCUT2D eigenvalue weighted by Gasteiger charge is -2.22. The van der Waals surface area contributed by atoms with Crippen LogP contribution in [0.2, 0.25) is 0 Å². The van der Waals surface area contributed by atoms with Gasteiger partial charge in [0.2, 0.25) is 0 Å². The second-order valence-electron chi connectivity index (χ2n) is 6.29. The zero-order valence-corrected chi connectivity index (χ0v) is 14.7. The normalized spacial score (nSPS) is 15.5. The van der Waals surface area contributed by atoms with Crippen LogP contribution in [0.4, 0.5) is 4.79 Å². The van der Waals surface area contributed by atoms with Gasteiger partial charge in [-0.2, -0.15) is 0 Å². The number of amides is 2. The molecule has 0 unspecified atom stereocenters. The van der Waals surface area contributed by atoms with Gasteiger partial charge in [0.15, 0.2) is 0 Å². The van der Waals surface area contributed by atoms with Gasteiger partial charge < -0.3 is 10.2 Å². The summed E-state index contributed by atoms with van der Waals surface area (Å²) >= 11 is 0. The van der Waals surface area contributed by atoms with E-state index in [2.05, 4.69) is 48.3 Å². The summed E-state index contributed by atoms with van der Waals surface area (Å²) in [5.74, 6) is 0. The largest absolute Gasteiger partial charge is 0.334 e. The predicted molar refractivity (Wildman–Crippen MR) is 95.3 cm³/mol. The van der Waals surface area contributed by atoms with Crippen LogP contribution in [0, 0.1) is 0 Å². The number of rotatable bonds is 6.